The SMILES string of the molecule is CCOc1cncc(C2(O)CCCC2)c1. The molecule has 1 saturated carbocycles. The molecule has 0 unspecified atom stereocenters. The smallest absolute Gasteiger partial charge is 0.137 e. The fourth-order valence-corrected chi connectivity index (χ4v) is 2.17. The third-order valence-corrected chi connectivity index (χ3v) is 2.99. The van der Waals surface area contributed by atoms with E-state index in [1.807, 2.05) is 13.0 Å². The van der Waals surface area contributed by atoms with Gasteiger partial charge in [-0.2, -0.15) is 0 Å². The molecule has 0 bridgehead atoms. The molecule has 15 heavy (non-hydrogen) atoms. The first-order valence-electron chi connectivity index (χ1n) is 5.55. The van der Waals surface area contributed by atoms with Crippen LogP contribution in [0.2, 0.25) is 0 Å². The van der Waals surface area contributed by atoms with E-state index in [2.05, 4.69) is 4.98 Å². The first-order valence-corrected chi connectivity index (χ1v) is 5.55. The van der Waals surface area contributed by atoms with Gasteiger partial charge in [-0.15, -0.1) is 0 Å². The minimum Gasteiger partial charge on any atom is -0.492 e. The van der Waals surface area contributed by atoms with Gasteiger partial charge in [-0.25, -0.2) is 0 Å². The molecule has 1 aromatic heterocycles. The van der Waals surface area contributed by atoms with Crippen LogP contribution in [0.15, 0.2) is 18.5 Å². The number of hydrogen-bond donors (Lipinski definition) is 1. The molecular weight excluding hydrogens is 190 g/mol. The second-order valence-corrected chi connectivity index (χ2v) is 4.08. The van der Waals surface area contributed by atoms with Crippen molar-refractivity contribution in [2.45, 2.75) is 38.2 Å². The molecule has 82 valence electrons. The average molecular weight is 207 g/mol. The van der Waals surface area contributed by atoms with Crippen LogP contribution < -0.4 is 4.74 Å². The van der Waals surface area contributed by atoms with E-state index in [1.165, 1.54) is 0 Å². The molecule has 0 spiro atoms. The average Bonchev–Trinajstić information content (AvgIpc) is 2.68. The quantitative estimate of drug-likeness (QED) is 0.826. The van der Waals surface area contributed by atoms with E-state index in [0.29, 0.717) is 6.61 Å². The number of ether oxygens (including phenoxy) is 1. The molecule has 1 fully saturated rings. The van der Waals surface area contributed by atoms with Crippen LogP contribution in [0.5, 0.6) is 5.75 Å². The molecule has 3 nitrogen and oxygen atoms in total. The van der Waals surface area contributed by atoms with Gasteiger partial charge in [0.05, 0.1) is 18.4 Å². The van der Waals surface area contributed by atoms with Crippen LogP contribution in [-0.4, -0.2) is 16.7 Å². The molecule has 1 heterocycles. The summed E-state index contributed by atoms with van der Waals surface area (Å²) in [5.74, 6) is 0.746. The van der Waals surface area contributed by atoms with Crippen molar-refractivity contribution in [3.8, 4) is 5.75 Å². The van der Waals surface area contributed by atoms with E-state index in [1.54, 1.807) is 12.4 Å². The summed E-state index contributed by atoms with van der Waals surface area (Å²) >= 11 is 0. The van der Waals surface area contributed by atoms with Crippen molar-refractivity contribution in [3.63, 3.8) is 0 Å². The first kappa shape index (κ1) is 10.4. The zero-order valence-electron chi connectivity index (χ0n) is 9.07. The second-order valence-electron chi connectivity index (χ2n) is 4.08. The fraction of sp³-hybridized carbons (Fsp3) is 0.583. The molecular formula is C12H17NO2. The highest BCUT2D eigenvalue weighted by molar-refractivity contribution is 5.28. The van der Waals surface area contributed by atoms with Crippen LogP contribution in [0, 0.1) is 0 Å². The predicted octanol–water partition coefficient (Wildman–Crippen LogP) is 2.24. The summed E-state index contributed by atoms with van der Waals surface area (Å²) in [7, 11) is 0. The van der Waals surface area contributed by atoms with Crippen molar-refractivity contribution in [2.75, 3.05) is 6.61 Å². The van der Waals surface area contributed by atoms with E-state index < -0.39 is 5.60 Å². The Hall–Kier alpha value is -1.09. The number of aliphatic hydroxyl groups is 1. The summed E-state index contributed by atoms with van der Waals surface area (Å²) in [4.78, 5) is 4.11. The normalized spacial score (nSPS) is 19.1. The molecule has 1 N–H and O–H groups in total. The lowest BCUT2D eigenvalue weighted by Gasteiger charge is -2.22. The highest BCUT2D eigenvalue weighted by atomic mass is 16.5. The third kappa shape index (κ3) is 2.12. The number of rotatable bonds is 3. The van der Waals surface area contributed by atoms with Crippen molar-refractivity contribution < 1.29 is 9.84 Å². The zero-order chi connectivity index (χ0) is 10.7. The Labute approximate surface area is 90.1 Å². The summed E-state index contributed by atoms with van der Waals surface area (Å²) in [6.45, 7) is 2.57. The molecule has 0 radical (unpaired) electrons. The standard InChI is InChI=1S/C12H17NO2/c1-2-15-11-7-10(8-13-9-11)12(14)5-3-4-6-12/h7-9,14H,2-6H2,1H3. The summed E-state index contributed by atoms with van der Waals surface area (Å²) < 4.78 is 5.38. The van der Waals surface area contributed by atoms with Gasteiger partial charge in [0.1, 0.15) is 5.75 Å². The minimum absolute atomic E-state index is 0.629. The summed E-state index contributed by atoms with van der Waals surface area (Å²) in [6.07, 6.45) is 7.29. The van der Waals surface area contributed by atoms with Gasteiger partial charge in [0.2, 0.25) is 0 Å². The van der Waals surface area contributed by atoms with Crippen LogP contribution in [0.25, 0.3) is 0 Å². The molecule has 1 aromatic rings. The Kier molecular flexibility index (Phi) is 2.91. The maximum Gasteiger partial charge on any atom is 0.137 e. The molecule has 0 aliphatic heterocycles. The number of aromatic nitrogens is 1. The topological polar surface area (TPSA) is 42.4 Å². The molecule has 1 aliphatic carbocycles. The van der Waals surface area contributed by atoms with Crippen molar-refractivity contribution in [1.29, 1.82) is 0 Å². The monoisotopic (exact) mass is 207 g/mol. The second kappa shape index (κ2) is 4.19. The molecule has 1 aliphatic rings. The minimum atomic E-state index is -0.667. The summed E-state index contributed by atoms with van der Waals surface area (Å²) in [5.41, 5.74) is 0.228. The molecule has 2 rings (SSSR count). The first-order chi connectivity index (χ1) is 7.24. The van der Waals surface area contributed by atoms with Crippen LogP contribution in [0.4, 0.5) is 0 Å². The van der Waals surface area contributed by atoms with Crippen molar-refractivity contribution >= 4 is 0 Å². The van der Waals surface area contributed by atoms with Crippen LogP contribution in [0.3, 0.4) is 0 Å². The van der Waals surface area contributed by atoms with Crippen LogP contribution in [-0.2, 0) is 5.60 Å². The fourth-order valence-electron chi connectivity index (χ4n) is 2.17. The Bertz CT molecular complexity index is 332. The number of hydrogen-bond acceptors (Lipinski definition) is 3. The number of pyridine rings is 1. The van der Waals surface area contributed by atoms with Gasteiger partial charge in [-0.3, -0.25) is 4.98 Å². The highest BCUT2D eigenvalue weighted by Gasteiger charge is 2.33. The van der Waals surface area contributed by atoms with E-state index in [-0.39, 0.29) is 0 Å². The molecule has 0 saturated heterocycles. The van der Waals surface area contributed by atoms with Gasteiger partial charge in [0, 0.05) is 11.8 Å². The lowest BCUT2D eigenvalue weighted by molar-refractivity contribution is 0.0438. The van der Waals surface area contributed by atoms with Gasteiger partial charge >= 0.3 is 0 Å². The van der Waals surface area contributed by atoms with Crippen molar-refractivity contribution in [2.24, 2.45) is 0 Å². The summed E-state index contributed by atoms with van der Waals surface area (Å²) in [6, 6.07) is 1.90. The van der Waals surface area contributed by atoms with E-state index in [0.717, 1.165) is 37.0 Å². The van der Waals surface area contributed by atoms with E-state index in [9.17, 15) is 5.11 Å². The lowest BCUT2D eigenvalue weighted by Crippen LogP contribution is -2.21. The van der Waals surface area contributed by atoms with Crippen LogP contribution in [0.1, 0.15) is 38.2 Å². The molecule has 3 heteroatoms. The third-order valence-electron chi connectivity index (χ3n) is 2.99. The maximum atomic E-state index is 10.4. The van der Waals surface area contributed by atoms with Crippen molar-refractivity contribution in [1.82, 2.24) is 4.98 Å². The van der Waals surface area contributed by atoms with Crippen LogP contribution >= 0.6 is 0 Å². The predicted molar refractivity (Wildman–Crippen MR) is 57.8 cm³/mol. The Morgan fingerprint density at radius 3 is 2.80 bits per heavy atom. The summed E-state index contributed by atoms with van der Waals surface area (Å²) in [5, 5.41) is 10.4. The van der Waals surface area contributed by atoms with Gasteiger partial charge in [0.25, 0.3) is 0 Å². The van der Waals surface area contributed by atoms with E-state index in [4.69, 9.17) is 4.74 Å². The molecule has 0 aromatic carbocycles. The largest absolute Gasteiger partial charge is 0.492 e. The zero-order valence-corrected chi connectivity index (χ0v) is 9.07. The molecule has 0 amide bonds. The molecule has 0 atom stereocenters. The van der Waals surface area contributed by atoms with Gasteiger partial charge < -0.3 is 9.84 Å². The Morgan fingerprint density at radius 1 is 1.40 bits per heavy atom. The van der Waals surface area contributed by atoms with Gasteiger partial charge in [-0.1, -0.05) is 12.8 Å². The highest BCUT2D eigenvalue weighted by Crippen LogP contribution is 2.38. The maximum absolute atomic E-state index is 10.4. The van der Waals surface area contributed by atoms with Crippen molar-refractivity contribution in [3.05, 3.63) is 24.0 Å². The Balaban J connectivity index is 2.23. The lowest BCUT2D eigenvalue weighted by atomic mass is 9.94. The number of nitrogens with zero attached hydrogens (tertiary/aromatic N) is 1. The van der Waals surface area contributed by atoms with Gasteiger partial charge in [-0.05, 0) is 25.8 Å². The van der Waals surface area contributed by atoms with Gasteiger partial charge in [0.15, 0.2) is 0 Å². The Morgan fingerprint density at radius 2 is 2.13 bits per heavy atom. The van der Waals surface area contributed by atoms with E-state index >= 15 is 0 Å².